The molecular formula is C22H23ClN2O6. The lowest BCUT2D eigenvalue weighted by Gasteiger charge is -2.13. The van der Waals surface area contributed by atoms with E-state index in [1.165, 1.54) is 19.2 Å². The van der Waals surface area contributed by atoms with Gasteiger partial charge in [-0.1, -0.05) is 35.8 Å². The first-order valence-corrected chi connectivity index (χ1v) is 10.2. The summed E-state index contributed by atoms with van der Waals surface area (Å²) < 4.78 is 27.0. The minimum absolute atomic E-state index is 0.149. The molecule has 0 spiro atoms. The van der Waals surface area contributed by atoms with E-state index in [1.54, 1.807) is 0 Å². The zero-order valence-electron chi connectivity index (χ0n) is 17.5. The van der Waals surface area contributed by atoms with E-state index in [2.05, 4.69) is 10.1 Å². The largest absolute Gasteiger partial charge is 0.493 e. The summed E-state index contributed by atoms with van der Waals surface area (Å²) in [5.74, 6) is 1.25. The summed E-state index contributed by atoms with van der Waals surface area (Å²) in [4.78, 5) is 16.8. The molecule has 31 heavy (non-hydrogen) atoms. The van der Waals surface area contributed by atoms with Crippen LogP contribution in [0.5, 0.6) is 17.2 Å². The Morgan fingerprint density at radius 1 is 1.13 bits per heavy atom. The van der Waals surface area contributed by atoms with Gasteiger partial charge in [-0.25, -0.2) is 4.79 Å². The molecule has 0 saturated heterocycles. The van der Waals surface area contributed by atoms with E-state index in [1.807, 2.05) is 38.1 Å². The quantitative estimate of drug-likeness (QED) is 0.404. The van der Waals surface area contributed by atoms with Crippen LogP contribution in [0.1, 0.15) is 36.5 Å². The number of methoxy groups -OCH3 is 1. The fourth-order valence-electron chi connectivity index (χ4n) is 2.75. The molecule has 2 aromatic carbocycles. The molecule has 0 atom stereocenters. The number of nitrogens with zero attached hydrogens (tertiary/aromatic N) is 2. The van der Waals surface area contributed by atoms with Crippen molar-refractivity contribution >= 4 is 17.6 Å². The number of hydrogen-bond donors (Lipinski definition) is 0. The van der Waals surface area contributed by atoms with Crippen molar-refractivity contribution < 1.29 is 28.3 Å². The molecule has 164 valence electrons. The fraction of sp³-hybridized carbons (Fsp3) is 0.318. The lowest BCUT2D eigenvalue weighted by Crippen LogP contribution is -2.07. The van der Waals surface area contributed by atoms with Crippen LogP contribution >= 0.6 is 11.6 Å². The molecule has 0 saturated carbocycles. The summed E-state index contributed by atoms with van der Waals surface area (Å²) >= 11 is 6.26. The van der Waals surface area contributed by atoms with E-state index in [0.717, 1.165) is 6.42 Å². The molecule has 0 aliphatic carbocycles. The molecule has 0 fully saturated rings. The van der Waals surface area contributed by atoms with Crippen LogP contribution in [0.2, 0.25) is 5.02 Å². The predicted molar refractivity (Wildman–Crippen MR) is 114 cm³/mol. The molecule has 0 N–H and O–H groups in total. The topological polar surface area (TPSA) is 92.9 Å². The van der Waals surface area contributed by atoms with Gasteiger partial charge in [0.1, 0.15) is 5.75 Å². The number of carbonyl (C=O) groups is 1. The maximum absolute atomic E-state index is 12.5. The average molecular weight is 447 g/mol. The van der Waals surface area contributed by atoms with Crippen molar-refractivity contribution in [3.8, 4) is 28.6 Å². The Labute approximate surface area is 185 Å². The Balaban J connectivity index is 1.70. The minimum Gasteiger partial charge on any atom is -0.493 e. The zero-order valence-corrected chi connectivity index (χ0v) is 18.3. The molecule has 0 amide bonds. The second-order valence-corrected chi connectivity index (χ2v) is 6.76. The summed E-state index contributed by atoms with van der Waals surface area (Å²) in [6, 6.07) is 10.3. The highest BCUT2D eigenvalue weighted by molar-refractivity contribution is 6.32. The first-order valence-electron chi connectivity index (χ1n) is 9.79. The highest BCUT2D eigenvalue weighted by Crippen LogP contribution is 2.36. The average Bonchev–Trinajstić information content (AvgIpc) is 3.25. The molecular weight excluding hydrogens is 424 g/mol. The SMILES string of the molecule is CCCOc1c(Cl)cc(C(=O)OCc2nc(-c3ccccc3OCC)no2)cc1OC. The maximum atomic E-state index is 12.5. The van der Waals surface area contributed by atoms with Gasteiger partial charge in [-0.2, -0.15) is 4.98 Å². The zero-order chi connectivity index (χ0) is 22.2. The summed E-state index contributed by atoms with van der Waals surface area (Å²) in [5.41, 5.74) is 0.900. The van der Waals surface area contributed by atoms with E-state index in [0.29, 0.717) is 41.9 Å². The van der Waals surface area contributed by atoms with Crippen LogP contribution in [0.25, 0.3) is 11.4 Å². The summed E-state index contributed by atoms with van der Waals surface area (Å²) in [5, 5.41) is 4.20. The third-order valence-electron chi connectivity index (χ3n) is 4.14. The Bertz CT molecular complexity index is 1040. The Kier molecular flexibility index (Phi) is 7.72. The Morgan fingerprint density at radius 3 is 2.68 bits per heavy atom. The summed E-state index contributed by atoms with van der Waals surface area (Å²) in [6.07, 6.45) is 0.810. The van der Waals surface area contributed by atoms with Gasteiger partial charge >= 0.3 is 5.97 Å². The van der Waals surface area contributed by atoms with Crippen molar-refractivity contribution in [3.05, 3.63) is 52.9 Å². The van der Waals surface area contributed by atoms with Gasteiger partial charge in [-0.15, -0.1) is 0 Å². The van der Waals surface area contributed by atoms with E-state index in [9.17, 15) is 4.79 Å². The number of para-hydroxylation sites is 1. The minimum atomic E-state index is -0.614. The van der Waals surface area contributed by atoms with Crippen molar-refractivity contribution in [2.75, 3.05) is 20.3 Å². The summed E-state index contributed by atoms with van der Waals surface area (Å²) in [6.45, 7) is 4.65. The summed E-state index contributed by atoms with van der Waals surface area (Å²) in [7, 11) is 1.47. The molecule has 8 nitrogen and oxygen atoms in total. The Hall–Kier alpha value is -3.26. The molecule has 0 unspecified atom stereocenters. The lowest BCUT2D eigenvalue weighted by molar-refractivity contribution is 0.0429. The number of esters is 1. The van der Waals surface area contributed by atoms with Crippen LogP contribution in [0.3, 0.4) is 0 Å². The monoisotopic (exact) mass is 446 g/mol. The Morgan fingerprint density at radius 2 is 1.94 bits per heavy atom. The van der Waals surface area contributed by atoms with Crippen molar-refractivity contribution in [2.24, 2.45) is 0 Å². The number of halogens is 1. The van der Waals surface area contributed by atoms with Gasteiger partial charge in [0.25, 0.3) is 5.89 Å². The molecule has 0 radical (unpaired) electrons. The second-order valence-electron chi connectivity index (χ2n) is 6.35. The molecule has 0 aliphatic heterocycles. The van der Waals surface area contributed by atoms with Crippen molar-refractivity contribution in [2.45, 2.75) is 26.9 Å². The second kappa shape index (κ2) is 10.7. The third kappa shape index (κ3) is 5.46. The van der Waals surface area contributed by atoms with Gasteiger partial charge in [0.2, 0.25) is 5.82 Å². The molecule has 9 heteroatoms. The number of ether oxygens (including phenoxy) is 4. The van der Waals surface area contributed by atoms with Crippen molar-refractivity contribution in [1.29, 1.82) is 0 Å². The van der Waals surface area contributed by atoms with E-state index < -0.39 is 5.97 Å². The number of rotatable bonds is 10. The standard InChI is InChI=1S/C22H23ClN2O6/c1-4-10-29-20-16(23)11-14(12-18(20)27-3)22(26)30-13-19-24-21(25-31-19)15-8-6-7-9-17(15)28-5-2/h6-9,11-12H,4-5,10,13H2,1-3H3. The lowest BCUT2D eigenvalue weighted by atomic mass is 10.2. The van der Waals surface area contributed by atoms with Gasteiger partial charge in [-0.05, 0) is 37.6 Å². The third-order valence-corrected chi connectivity index (χ3v) is 4.42. The van der Waals surface area contributed by atoms with Gasteiger partial charge < -0.3 is 23.5 Å². The first kappa shape index (κ1) is 22.4. The number of benzene rings is 2. The highest BCUT2D eigenvalue weighted by atomic mass is 35.5. The normalized spacial score (nSPS) is 10.6. The van der Waals surface area contributed by atoms with Crippen molar-refractivity contribution in [1.82, 2.24) is 10.1 Å². The molecule has 3 aromatic rings. The highest BCUT2D eigenvalue weighted by Gasteiger charge is 2.19. The molecule has 3 rings (SSSR count). The predicted octanol–water partition coefficient (Wildman–Crippen LogP) is 4.94. The van der Waals surface area contributed by atoms with Gasteiger partial charge in [0.05, 0.1) is 36.5 Å². The van der Waals surface area contributed by atoms with Crippen LogP contribution in [-0.2, 0) is 11.3 Å². The van der Waals surface area contributed by atoms with Crippen LogP contribution in [0, 0.1) is 0 Å². The van der Waals surface area contributed by atoms with E-state index >= 15 is 0 Å². The van der Waals surface area contributed by atoms with Crippen LogP contribution in [-0.4, -0.2) is 36.4 Å². The molecule has 0 bridgehead atoms. The number of carbonyl (C=O) groups excluding carboxylic acids is 1. The van der Waals surface area contributed by atoms with Gasteiger partial charge in [0, 0.05) is 0 Å². The van der Waals surface area contributed by atoms with Crippen LogP contribution in [0.4, 0.5) is 0 Å². The maximum Gasteiger partial charge on any atom is 0.338 e. The van der Waals surface area contributed by atoms with E-state index in [-0.39, 0.29) is 23.1 Å². The van der Waals surface area contributed by atoms with E-state index in [4.69, 9.17) is 35.1 Å². The van der Waals surface area contributed by atoms with Crippen LogP contribution in [0.15, 0.2) is 40.9 Å². The molecule has 1 aromatic heterocycles. The molecule has 0 aliphatic rings. The number of aromatic nitrogens is 2. The first-order chi connectivity index (χ1) is 15.1. The van der Waals surface area contributed by atoms with Crippen molar-refractivity contribution in [3.63, 3.8) is 0 Å². The van der Waals surface area contributed by atoms with Crippen LogP contribution < -0.4 is 14.2 Å². The molecule has 1 heterocycles. The van der Waals surface area contributed by atoms with Gasteiger partial charge in [0.15, 0.2) is 18.1 Å². The number of hydrogen-bond acceptors (Lipinski definition) is 8. The van der Waals surface area contributed by atoms with Gasteiger partial charge in [-0.3, -0.25) is 0 Å². The fourth-order valence-corrected chi connectivity index (χ4v) is 3.01. The smallest absolute Gasteiger partial charge is 0.338 e.